The number of benzene rings is 2. The van der Waals surface area contributed by atoms with Crippen molar-refractivity contribution >= 4 is 20.2 Å². The molecule has 0 heterocycles. The van der Waals surface area contributed by atoms with Crippen LogP contribution < -0.4 is 5.19 Å². The van der Waals surface area contributed by atoms with Crippen LogP contribution in [-0.4, -0.2) is 20.1 Å². The van der Waals surface area contributed by atoms with E-state index in [4.69, 9.17) is 9.53 Å². The van der Waals surface area contributed by atoms with Crippen LogP contribution in [0.1, 0.15) is 36.7 Å². The average Bonchev–Trinajstić information content (AvgIpc) is 2.54. The van der Waals surface area contributed by atoms with Crippen molar-refractivity contribution in [3.8, 4) is 0 Å². The zero-order valence-electron chi connectivity index (χ0n) is 14.1. The van der Waals surface area contributed by atoms with Crippen molar-refractivity contribution in [1.82, 2.24) is 0 Å². The second-order valence-corrected chi connectivity index (χ2v) is 9.59. The predicted octanol–water partition coefficient (Wildman–Crippen LogP) is 4.02. The van der Waals surface area contributed by atoms with Crippen LogP contribution in [0, 0.1) is 17.5 Å². The highest BCUT2D eigenvalue weighted by molar-refractivity contribution is 6.70. The Labute approximate surface area is 145 Å². The van der Waals surface area contributed by atoms with Gasteiger partial charge in [-0.1, -0.05) is 51.1 Å². The number of halogens is 3. The monoisotopic (exact) mass is 367 g/mol. The van der Waals surface area contributed by atoms with Gasteiger partial charge in [0.25, 0.3) is 9.04 Å². The van der Waals surface area contributed by atoms with Crippen LogP contribution in [0.15, 0.2) is 36.4 Å². The molecule has 1 N–H and O–H groups in total. The summed E-state index contributed by atoms with van der Waals surface area (Å²) in [6.45, 7) is 5.57. The van der Waals surface area contributed by atoms with Crippen LogP contribution in [0.3, 0.4) is 0 Å². The molecule has 0 unspecified atom stereocenters. The molecular weight excluding hydrogens is 349 g/mol. The molecule has 0 spiro atoms. The molecule has 0 bridgehead atoms. The van der Waals surface area contributed by atoms with Crippen molar-refractivity contribution in [1.29, 1.82) is 0 Å². The van der Waals surface area contributed by atoms with Crippen LogP contribution in [0.5, 0.6) is 0 Å². The fourth-order valence-corrected chi connectivity index (χ4v) is 4.65. The van der Waals surface area contributed by atoms with E-state index in [2.05, 4.69) is 0 Å². The van der Waals surface area contributed by atoms with Gasteiger partial charge >= 0.3 is 5.97 Å². The summed E-state index contributed by atoms with van der Waals surface area (Å²) >= 11 is 0. The maximum atomic E-state index is 14.0. The molecule has 1 radical (unpaired) electrons. The Morgan fingerprint density at radius 2 is 1.68 bits per heavy atom. The minimum atomic E-state index is -1.80. The number of rotatable bonds is 5. The molecule has 2 rings (SSSR count). The highest BCUT2D eigenvalue weighted by Gasteiger charge is 2.32. The number of aromatic carboxylic acids is 1. The van der Waals surface area contributed by atoms with Gasteiger partial charge in [-0.3, -0.25) is 0 Å². The van der Waals surface area contributed by atoms with Crippen LogP contribution in [-0.2, 0) is 11.0 Å². The van der Waals surface area contributed by atoms with Crippen molar-refractivity contribution in [3.05, 3.63) is 65.0 Å². The normalized spacial score (nSPS) is 11.8. The molecule has 0 amide bonds. The number of hydrogen-bond donors (Lipinski definition) is 1. The Kier molecular flexibility index (Phi) is 5.69. The van der Waals surface area contributed by atoms with E-state index >= 15 is 0 Å². The summed E-state index contributed by atoms with van der Waals surface area (Å²) in [4.78, 5) is 11.0. The molecule has 133 valence electrons. The molecule has 0 aromatic heterocycles. The molecule has 0 saturated carbocycles. The smallest absolute Gasteiger partial charge is 0.338 e. The molecule has 25 heavy (non-hydrogen) atoms. The zero-order chi connectivity index (χ0) is 18.8. The van der Waals surface area contributed by atoms with E-state index < -0.39 is 38.0 Å². The number of carboxylic acids is 1. The third kappa shape index (κ3) is 4.29. The minimum Gasteiger partial charge on any atom is -0.478 e. The molecule has 0 aliphatic carbocycles. The van der Waals surface area contributed by atoms with E-state index in [0.717, 1.165) is 11.3 Å². The van der Waals surface area contributed by atoms with Crippen molar-refractivity contribution in [2.45, 2.75) is 32.4 Å². The maximum absolute atomic E-state index is 14.0. The molecule has 2 aromatic carbocycles. The summed E-state index contributed by atoms with van der Waals surface area (Å²) in [6, 6.07) is 10.1. The molecule has 0 aliphatic rings. The molecule has 0 fully saturated rings. The average molecular weight is 367 g/mol. The fourth-order valence-electron chi connectivity index (χ4n) is 2.39. The molecule has 0 aliphatic heterocycles. The Balaban J connectivity index is 2.34. The van der Waals surface area contributed by atoms with Crippen molar-refractivity contribution in [2.24, 2.45) is 0 Å². The summed E-state index contributed by atoms with van der Waals surface area (Å²) in [5, 5.41) is 9.62. The van der Waals surface area contributed by atoms with E-state index in [0.29, 0.717) is 0 Å². The molecule has 3 nitrogen and oxygen atoms in total. The SMILES string of the molecule is CC(C)(C)[Si](OCc1cc(C(=O)O)c(F)c(F)c1F)c1ccccc1. The van der Waals surface area contributed by atoms with Gasteiger partial charge in [0.05, 0.1) is 12.2 Å². The van der Waals surface area contributed by atoms with Gasteiger partial charge in [0.1, 0.15) is 0 Å². The highest BCUT2D eigenvalue weighted by Crippen LogP contribution is 2.29. The van der Waals surface area contributed by atoms with E-state index in [1.54, 1.807) is 0 Å². The van der Waals surface area contributed by atoms with Gasteiger partial charge in [-0.05, 0) is 16.3 Å². The first-order valence-corrected chi connectivity index (χ1v) is 8.99. The lowest BCUT2D eigenvalue weighted by Gasteiger charge is -2.28. The third-order valence-electron chi connectivity index (χ3n) is 3.54. The van der Waals surface area contributed by atoms with Gasteiger partial charge in [0.2, 0.25) is 0 Å². The lowest BCUT2D eigenvalue weighted by molar-refractivity contribution is 0.0690. The lowest BCUT2D eigenvalue weighted by atomic mass is 10.1. The first-order chi connectivity index (χ1) is 11.6. The van der Waals surface area contributed by atoms with Crippen molar-refractivity contribution in [3.63, 3.8) is 0 Å². The van der Waals surface area contributed by atoms with Gasteiger partial charge in [0.15, 0.2) is 17.5 Å². The van der Waals surface area contributed by atoms with Gasteiger partial charge in [-0.25, -0.2) is 18.0 Å². The first-order valence-electron chi connectivity index (χ1n) is 7.58. The second kappa shape index (κ2) is 7.41. The molecule has 0 saturated heterocycles. The van der Waals surface area contributed by atoms with Gasteiger partial charge in [-0.2, -0.15) is 0 Å². The third-order valence-corrected chi connectivity index (χ3v) is 6.20. The molecule has 2 aromatic rings. The summed E-state index contributed by atoms with van der Waals surface area (Å²) < 4.78 is 47.0. The van der Waals surface area contributed by atoms with Crippen LogP contribution in [0.2, 0.25) is 5.04 Å². The summed E-state index contributed by atoms with van der Waals surface area (Å²) in [6.07, 6.45) is 0. The van der Waals surface area contributed by atoms with Gasteiger partial charge < -0.3 is 9.53 Å². The topological polar surface area (TPSA) is 46.5 Å². The van der Waals surface area contributed by atoms with Crippen LogP contribution in [0.4, 0.5) is 13.2 Å². The standard InChI is InChI=1S/C18H18F3O3Si/c1-18(2,3)25(12-7-5-4-6-8-12)24-10-11-9-13(17(22)23)15(20)16(21)14(11)19/h4-9H,10H2,1-3H3,(H,22,23). The quantitative estimate of drug-likeness (QED) is 0.641. The zero-order valence-corrected chi connectivity index (χ0v) is 15.1. The van der Waals surface area contributed by atoms with E-state index in [1.165, 1.54) is 0 Å². The first kappa shape index (κ1) is 19.2. The van der Waals surface area contributed by atoms with Gasteiger partial charge in [0, 0.05) is 5.56 Å². The summed E-state index contributed by atoms with van der Waals surface area (Å²) in [7, 11) is -1.64. The van der Waals surface area contributed by atoms with E-state index in [-0.39, 0.29) is 17.2 Å². The van der Waals surface area contributed by atoms with Crippen LogP contribution in [0.25, 0.3) is 0 Å². The number of hydrogen-bond acceptors (Lipinski definition) is 2. The van der Waals surface area contributed by atoms with E-state index in [1.807, 2.05) is 51.1 Å². The molecule has 0 atom stereocenters. The molecule has 7 heteroatoms. The van der Waals surface area contributed by atoms with Crippen LogP contribution >= 0.6 is 0 Å². The Bertz CT molecular complexity index is 773. The largest absolute Gasteiger partial charge is 0.478 e. The van der Waals surface area contributed by atoms with E-state index in [9.17, 15) is 18.0 Å². The predicted molar refractivity (Wildman–Crippen MR) is 89.6 cm³/mol. The summed E-state index contributed by atoms with van der Waals surface area (Å²) in [5.74, 6) is -6.60. The van der Waals surface area contributed by atoms with Gasteiger partial charge in [-0.15, -0.1) is 0 Å². The number of carboxylic acid groups (broad SMARTS) is 1. The highest BCUT2D eigenvalue weighted by atomic mass is 28.3. The Morgan fingerprint density at radius 1 is 1.08 bits per heavy atom. The maximum Gasteiger partial charge on any atom is 0.338 e. The summed E-state index contributed by atoms with van der Waals surface area (Å²) in [5.41, 5.74) is -1.24. The molecular formula is C18H18F3O3Si. The lowest BCUT2D eigenvalue weighted by Crippen LogP contribution is -2.41. The Morgan fingerprint density at radius 3 is 2.20 bits per heavy atom. The second-order valence-electron chi connectivity index (χ2n) is 6.56. The number of carbonyl (C=O) groups is 1. The minimum absolute atomic E-state index is 0.253. The van der Waals surface area contributed by atoms with Crippen molar-refractivity contribution in [2.75, 3.05) is 0 Å². The van der Waals surface area contributed by atoms with Crippen molar-refractivity contribution < 1.29 is 27.5 Å². The Hall–Kier alpha value is -2.12. The fraction of sp³-hybridized carbons (Fsp3) is 0.278.